The molecule has 1 atom stereocenters. The van der Waals surface area contributed by atoms with E-state index in [-0.39, 0.29) is 6.04 Å². The van der Waals surface area contributed by atoms with Crippen molar-refractivity contribution in [2.45, 2.75) is 45.2 Å². The lowest BCUT2D eigenvalue weighted by Crippen LogP contribution is -2.40. The second kappa shape index (κ2) is 5.96. The number of pyridine rings is 1. The van der Waals surface area contributed by atoms with E-state index < -0.39 is 5.97 Å². The van der Waals surface area contributed by atoms with Crippen LogP contribution in [-0.2, 0) is 11.3 Å². The van der Waals surface area contributed by atoms with Crippen LogP contribution in [0.5, 0.6) is 0 Å². The maximum atomic E-state index is 11.3. The van der Waals surface area contributed by atoms with Gasteiger partial charge in [-0.2, -0.15) is 0 Å². The largest absolute Gasteiger partial charge is 0.480 e. The molecule has 2 rings (SSSR count). The van der Waals surface area contributed by atoms with Crippen LogP contribution in [0.15, 0.2) is 18.3 Å². The molecular weight excluding hydrogens is 228 g/mol. The number of aryl methyl sites for hydroxylation is 1. The summed E-state index contributed by atoms with van der Waals surface area (Å²) in [6.07, 6.45) is 5.80. The van der Waals surface area contributed by atoms with Crippen LogP contribution in [0.1, 0.15) is 36.9 Å². The maximum Gasteiger partial charge on any atom is 0.320 e. The summed E-state index contributed by atoms with van der Waals surface area (Å²) < 4.78 is 0. The fraction of sp³-hybridized carbons (Fsp3) is 0.571. The van der Waals surface area contributed by atoms with Crippen molar-refractivity contribution in [2.24, 2.45) is 0 Å². The Balaban J connectivity index is 2.08. The Morgan fingerprint density at radius 1 is 1.44 bits per heavy atom. The number of hydrogen-bond acceptors (Lipinski definition) is 3. The van der Waals surface area contributed by atoms with Crippen molar-refractivity contribution in [1.82, 2.24) is 9.88 Å². The van der Waals surface area contributed by atoms with Crippen molar-refractivity contribution in [3.63, 3.8) is 0 Å². The number of carboxylic acids is 1. The molecule has 1 aliphatic rings. The average Bonchev–Trinajstić information content (AvgIpc) is 2.57. The van der Waals surface area contributed by atoms with E-state index in [0.29, 0.717) is 6.54 Å². The lowest BCUT2D eigenvalue weighted by molar-refractivity contribution is -0.143. The fourth-order valence-corrected chi connectivity index (χ4v) is 2.44. The first-order valence-corrected chi connectivity index (χ1v) is 6.55. The molecule has 0 saturated carbocycles. The van der Waals surface area contributed by atoms with Gasteiger partial charge in [0.15, 0.2) is 0 Å². The van der Waals surface area contributed by atoms with Gasteiger partial charge in [-0.25, -0.2) is 0 Å². The van der Waals surface area contributed by atoms with Crippen LogP contribution in [0.4, 0.5) is 0 Å². The molecule has 1 N–H and O–H groups in total. The number of nitrogens with zero attached hydrogens (tertiary/aromatic N) is 2. The molecule has 98 valence electrons. The molecule has 2 heterocycles. The molecule has 0 bridgehead atoms. The Hall–Kier alpha value is -1.42. The van der Waals surface area contributed by atoms with E-state index in [1.54, 1.807) is 0 Å². The van der Waals surface area contributed by atoms with E-state index in [2.05, 4.69) is 4.98 Å². The molecule has 0 aromatic carbocycles. The quantitative estimate of drug-likeness (QED) is 0.891. The van der Waals surface area contributed by atoms with Crippen LogP contribution in [0.2, 0.25) is 0 Å². The van der Waals surface area contributed by atoms with Crippen molar-refractivity contribution in [3.05, 3.63) is 29.6 Å². The summed E-state index contributed by atoms with van der Waals surface area (Å²) in [7, 11) is 0. The number of hydrogen-bond donors (Lipinski definition) is 1. The molecule has 1 fully saturated rings. The van der Waals surface area contributed by atoms with Gasteiger partial charge in [0.25, 0.3) is 0 Å². The van der Waals surface area contributed by atoms with Crippen LogP contribution in [0.25, 0.3) is 0 Å². The Labute approximate surface area is 108 Å². The van der Waals surface area contributed by atoms with E-state index in [4.69, 9.17) is 0 Å². The lowest BCUT2D eigenvalue weighted by Gasteiger charge is -2.26. The van der Waals surface area contributed by atoms with Crippen LogP contribution in [0, 0.1) is 6.92 Å². The lowest BCUT2D eigenvalue weighted by atomic mass is 10.1. The van der Waals surface area contributed by atoms with Crippen LogP contribution in [0.3, 0.4) is 0 Å². The number of likely N-dealkylation sites (tertiary alicyclic amines) is 1. The minimum absolute atomic E-state index is 0.351. The van der Waals surface area contributed by atoms with Gasteiger partial charge in [-0.1, -0.05) is 18.9 Å². The number of aliphatic carboxylic acids is 1. The normalized spacial score (nSPS) is 21.5. The highest BCUT2D eigenvalue weighted by Crippen LogP contribution is 2.19. The third-order valence-electron chi connectivity index (χ3n) is 3.49. The molecule has 0 aliphatic carbocycles. The van der Waals surface area contributed by atoms with Gasteiger partial charge in [-0.3, -0.25) is 14.7 Å². The molecule has 18 heavy (non-hydrogen) atoms. The van der Waals surface area contributed by atoms with Crippen molar-refractivity contribution < 1.29 is 9.90 Å². The number of carbonyl (C=O) groups is 1. The Kier molecular flexibility index (Phi) is 4.31. The Morgan fingerprint density at radius 2 is 2.28 bits per heavy atom. The molecule has 4 heteroatoms. The molecule has 0 radical (unpaired) electrons. The summed E-state index contributed by atoms with van der Waals surface area (Å²) in [5.74, 6) is -0.705. The van der Waals surface area contributed by atoms with Gasteiger partial charge in [0, 0.05) is 12.7 Å². The van der Waals surface area contributed by atoms with Gasteiger partial charge >= 0.3 is 5.97 Å². The molecule has 1 aliphatic heterocycles. The van der Waals surface area contributed by atoms with Gasteiger partial charge in [0.1, 0.15) is 6.04 Å². The summed E-state index contributed by atoms with van der Waals surface area (Å²) in [5.41, 5.74) is 2.08. The van der Waals surface area contributed by atoms with E-state index >= 15 is 0 Å². The molecule has 0 spiro atoms. The third-order valence-corrected chi connectivity index (χ3v) is 3.49. The minimum atomic E-state index is -0.705. The van der Waals surface area contributed by atoms with E-state index in [0.717, 1.165) is 43.5 Å². The Bertz CT molecular complexity index is 403. The predicted octanol–water partition coefficient (Wildman–Crippen LogP) is 2.22. The van der Waals surface area contributed by atoms with Crippen molar-refractivity contribution in [1.29, 1.82) is 0 Å². The highest BCUT2D eigenvalue weighted by atomic mass is 16.4. The van der Waals surface area contributed by atoms with Gasteiger partial charge < -0.3 is 5.11 Å². The first kappa shape index (κ1) is 13.0. The van der Waals surface area contributed by atoms with Crippen molar-refractivity contribution >= 4 is 5.97 Å². The van der Waals surface area contributed by atoms with E-state index in [1.165, 1.54) is 0 Å². The molecule has 1 aromatic rings. The molecule has 1 aromatic heterocycles. The third kappa shape index (κ3) is 3.29. The summed E-state index contributed by atoms with van der Waals surface area (Å²) in [5, 5.41) is 9.29. The standard InChI is InChI=1S/C14H20N2O2/c1-11-6-7-12(15-9-11)10-16-8-4-2-3-5-13(16)14(17)18/h6-7,9,13H,2-5,8,10H2,1H3,(H,17,18). The van der Waals surface area contributed by atoms with Crippen molar-refractivity contribution in [2.75, 3.05) is 6.54 Å². The monoisotopic (exact) mass is 248 g/mol. The summed E-state index contributed by atoms with van der Waals surface area (Å²) in [4.78, 5) is 17.7. The van der Waals surface area contributed by atoms with Gasteiger partial charge in [0.2, 0.25) is 0 Å². The average molecular weight is 248 g/mol. The Morgan fingerprint density at radius 3 is 2.94 bits per heavy atom. The molecule has 0 amide bonds. The first-order chi connectivity index (χ1) is 8.66. The van der Waals surface area contributed by atoms with Crippen molar-refractivity contribution in [3.8, 4) is 0 Å². The highest BCUT2D eigenvalue weighted by Gasteiger charge is 2.27. The van der Waals surface area contributed by atoms with Crippen LogP contribution < -0.4 is 0 Å². The molecular formula is C14H20N2O2. The zero-order valence-corrected chi connectivity index (χ0v) is 10.8. The highest BCUT2D eigenvalue weighted by molar-refractivity contribution is 5.73. The van der Waals surface area contributed by atoms with Gasteiger partial charge in [-0.15, -0.1) is 0 Å². The van der Waals surface area contributed by atoms with Crippen LogP contribution in [-0.4, -0.2) is 33.5 Å². The predicted molar refractivity (Wildman–Crippen MR) is 69.3 cm³/mol. The first-order valence-electron chi connectivity index (χ1n) is 6.55. The van der Waals surface area contributed by atoms with Gasteiger partial charge in [-0.05, 0) is 37.9 Å². The number of aromatic nitrogens is 1. The summed E-state index contributed by atoms with van der Waals surface area (Å²) in [6.45, 7) is 3.49. The fourth-order valence-electron chi connectivity index (χ4n) is 2.44. The van der Waals surface area contributed by atoms with Crippen LogP contribution >= 0.6 is 0 Å². The minimum Gasteiger partial charge on any atom is -0.480 e. The summed E-state index contributed by atoms with van der Waals surface area (Å²) >= 11 is 0. The number of rotatable bonds is 3. The van der Waals surface area contributed by atoms with Gasteiger partial charge in [0.05, 0.1) is 5.69 Å². The maximum absolute atomic E-state index is 11.3. The second-order valence-corrected chi connectivity index (χ2v) is 5.00. The topological polar surface area (TPSA) is 53.4 Å². The van der Waals surface area contributed by atoms with E-state index in [1.807, 2.05) is 30.2 Å². The zero-order chi connectivity index (χ0) is 13.0. The SMILES string of the molecule is Cc1ccc(CN2CCCCCC2C(=O)O)nc1. The molecule has 4 nitrogen and oxygen atoms in total. The van der Waals surface area contributed by atoms with E-state index in [9.17, 15) is 9.90 Å². The molecule has 1 saturated heterocycles. The smallest absolute Gasteiger partial charge is 0.320 e. The second-order valence-electron chi connectivity index (χ2n) is 5.00. The summed E-state index contributed by atoms with van der Waals surface area (Å²) in [6, 6.07) is 3.66. The molecule has 1 unspecified atom stereocenters. The number of carboxylic acid groups (broad SMARTS) is 1. The zero-order valence-electron chi connectivity index (χ0n) is 10.8.